The predicted molar refractivity (Wildman–Crippen MR) is 61.4 cm³/mol. The van der Waals surface area contributed by atoms with E-state index in [0.717, 1.165) is 24.9 Å². The van der Waals surface area contributed by atoms with E-state index in [1.54, 1.807) is 0 Å². The normalized spacial score (nSPS) is 27.1. The first-order chi connectivity index (χ1) is 7.78. The minimum absolute atomic E-state index is 0.336. The molecule has 3 heteroatoms. The minimum Gasteiger partial charge on any atom is -0.335 e. The van der Waals surface area contributed by atoms with Crippen molar-refractivity contribution in [2.75, 3.05) is 0 Å². The minimum atomic E-state index is 0.336. The van der Waals surface area contributed by atoms with Gasteiger partial charge in [-0.3, -0.25) is 4.79 Å². The van der Waals surface area contributed by atoms with Gasteiger partial charge < -0.3 is 10.6 Å². The van der Waals surface area contributed by atoms with Crippen molar-refractivity contribution >= 4 is 5.91 Å². The van der Waals surface area contributed by atoms with Crippen LogP contribution in [0.15, 0.2) is 24.3 Å². The summed E-state index contributed by atoms with van der Waals surface area (Å²) in [7, 11) is 0. The Hall–Kier alpha value is -1.35. The van der Waals surface area contributed by atoms with Crippen LogP contribution < -0.4 is 5.73 Å². The number of nitrogens with zero attached hydrogens (tertiary/aromatic N) is 1. The van der Waals surface area contributed by atoms with Gasteiger partial charge in [-0.25, -0.2) is 0 Å². The van der Waals surface area contributed by atoms with E-state index < -0.39 is 0 Å². The summed E-state index contributed by atoms with van der Waals surface area (Å²) in [5, 5.41) is 0. The molecule has 3 fully saturated rings. The zero-order valence-corrected chi connectivity index (χ0v) is 9.23. The van der Waals surface area contributed by atoms with Crippen LogP contribution in [0.5, 0.6) is 0 Å². The summed E-state index contributed by atoms with van der Waals surface area (Å²) in [4.78, 5) is 13.8. The highest BCUT2D eigenvalue weighted by Crippen LogP contribution is 2.42. The van der Waals surface area contributed by atoms with Gasteiger partial charge in [0, 0.05) is 25.0 Å². The van der Waals surface area contributed by atoms with Crippen LogP contribution in [0.3, 0.4) is 0 Å². The second kappa shape index (κ2) is 3.59. The molecule has 16 heavy (non-hydrogen) atoms. The molecule has 84 valence electrons. The van der Waals surface area contributed by atoms with Gasteiger partial charge in [-0.15, -0.1) is 0 Å². The Morgan fingerprint density at radius 2 is 2.06 bits per heavy atom. The van der Waals surface area contributed by atoms with E-state index in [2.05, 4.69) is 12.1 Å². The molecule has 1 amide bonds. The third-order valence-corrected chi connectivity index (χ3v) is 3.77. The van der Waals surface area contributed by atoms with Crippen molar-refractivity contribution < 1.29 is 4.79 Å². The van der Waals surface area contributed by atoms with E-state index in [4.69, 9.17) is 5.73 Å². The molecule has 1 aromatic rings. The Morgan fingerprint density at radius 1 is 1.31 bits per heavy atom. The fourth-order valence-corrected chi connectivity index (χ4v) is 2.72. The molecule has 2 heterocycles. The highest BCUT2D eigenvalue weighted by molar-refractivity contribution is 5.84. The van der Waals surface area contributed by atoms with Crippen molar-refractivity contribution in [3.8, 4) is 0 Å². The summed E-state index contributed by atoms with van der Waals surface area (Å²) in [6.45, 7) is 1.32. The van der Waals surface area contributed by atoms with Gasteiger partial charge in [0.25, 0.3) is 0 Å². The molecule has 0 atom stereocenters. The quantitative estimate of drug-likeness (QED) is 0.827. The van der Waals surface area contributed by atoms with Gasteiger partial charge >= 0.3 is 0 Å². The van der Waals surface area contributed by atoms with Crippen LogP contribution in [0.2, 0.25) is 0 Å². The highest BCUT2D eigenvalue weighted by atomic mass is 16.2. The summed E-state index contributed by atoms with van der Waals surface area (Å²) in [6, 6.07) is 8.72. The number of carbonyl (C=O) groups is 1. The predicted octanol–water partition coefficient (Wildman–Crippen LogP) is 1.27. The summed E-state index contributed by atoms with van der Waals surface area (Å²) in [5.41, 5.74) is 7.94. The lowest BCUT2D eigenvalue weighted by Crippen LogP contribution is -2.29. The van der Waals surface area contributed by atoms with Gasteiger partial charge in [0.1, 0.15) is 0 Å². The fraction of sp³-hybridized carbons (Fsp3) is 0.462. The maximum atomic E-state index is 11.8. The molecule has 2 saturated heterocycles. The van der Waals surface area contributed by atoms with E-state index in [1.165, 1.54) is 5.56 Å². The van der Waals surface area contributed by atoms with Crippen LogP contribution in [0.1, 0.15) is 24.0 Å². The molecule has 0 spiro atoms. The first-order valence-corrected chi connectivity index (χ1v) is 5.86. The van der Waals surface area contributed by atoms with Crippen LogP contribution in [0.25, 0.3) is 0 Å². The molecule has 1 aromatic carbocycles. The number of hydrogen-bond acceptors (Lipinski definition) is 2. The molecule has 2 bridgehead atoms. The molecule has 0 radical (unpaired) electrons. The Bertz CT molecular complexity index is 424. The zero-order valence-electron chi connectivity index (χ0n) is 9.23. The fourth-order valence-electron chi connectivity index (χ4n) is 2.72. The molecule has 4 rings (SSSR count). The third kappa shape index (κ3) is 1.43. The molecule has 3 nitrogen and oxygen atoms in total. The van der Waals surface area contributed by atoms with Gasteiger partial charge in [0.15, 0.2) is 0 Å². The van der Waals surface area contributed by atoms with Gasteiger partial charge in [-0.2, -0.15) is 0 Å². The molecule has 2 N–H and O–H groups in total. The van der Waals surface area contributed by atoms with E-state index >= 15 is 0 Å². The van der Waals surface area contributed by atoms with E-state index in [1.807, 2.05) is 17.0 Å². The summed E-state index contributed by atoms with van der Waals surface area (Å²) in [6.07, 6.45) is 2.16. The Kier molecular flexibility index (Phi) is 2.21. The van der Waals surface area contributed by atoms with Gasteiger partial charge in [0.05, 0.1) is 0 Å². The van der Waals surface area contributed by atoms with Crippen molar-refractivity contribution in [2.24, 2.45) is 11.7 Å². The maximum absolute atomic E-state index is 11.8. The Labute approximate surface area is 95.2 Å². The summed E-state index contributed by atoms with van der Waals surface area (Å²) in [5.74, 6) is 0.686. The molecule has 3 aliphatic rings. The molecule has 0 unspecified atom stereocenters. The Morgan fingerprint density at radius 3 is 2.69 bits per heavy atom. The first kappa shape index (κ1) is 9.85. The summed E-state index contributed by atoms with van der Waals surface area (Å²) >= 11 is 0. The van der Waals surface area contributed by atoms with Crippen LogP contribution in [-0.4, -0.2) is 16.8 Å². The number of carbonyl (C=O) groups excluding carboxylic acids is 1. The van der Waals surface area contributed by atoms with E-state index in [-0.39, 0.29) is 0 Å². The lowest BCUT2D eigenvalue weighted by molar-refractivity contribution is -0.129. The standard InChI is InChI=1S/C13H16N2O/c14-7-9-2-1-3-10(4-9)8-15-12-5-11(6-12)13(15)16/h1-4,11-12H,5-8,14H2. The van der Waals surface area contributed by atoms with Gasteiger partial charge in [0.2, 0.25) is 5.91 Å². The van der Waals surface area contributed by atoms with Crippen LogP contribution in [0.4, 0.5) is 0 Å². The second-order valence-electron chi connectivity index (χ2n) is 4.81. The topological polar surface area (TPSA) is 46.3 Å². The first-order valence-electron chi connectivity index (χ1n) is 5.86. The average Bonchev–Trinajstić information content (AvgIpc) is 2.69. The molecular formula is C13H16N2O. The third-order valence-electron chi connectivity index (χ3n) is 3.77. The molecule has 0 aromatic heterocycles. The molecule has 1 saturated carbocycles. The molecule has 1 aliphatic carbocycles. The molecular weight excluding hydrogens is 200 g/mol. The Balaban J connectivity index is 1.76. The van der Waals surface area contributed by atoms with Crippen LogP contribution in [0, 0.1) is 5.92 Å². The lowest BCUT2D eigenvalue weighted by Gasteiger charge is -2.25. The molecule has 2 aliphatic heterocycles. The monoisotopic (exact) mass is 216 g/mol. The smallest absolute Gasteiger partial charge is 0.226 e. The van der Waals surface area contributed by atoms with E-state index in [0.29, 0.717) is 24.4 Å². The van der Waals surface area contributed by atoms with E-state index in [9.17, 15) is 4.79 Å². The maximum Gasteiger partial charge on any atom is 0.226 e. The number of hydrogen-bond donors (Lipinski definition) is 1. The average molecular weight is 216 g/mol. The number of benzene rings is 1. The van der Waals surface area contributed by atoms with Gasteiger partial charge in [-0.05, 0) is 24.0 Å². The van der Waals surface area contributed by atoms with Crippen molar-refractivity contribution in [1.29, 1.82) is 0 Å². The number of rotatable bonds is 3. The number of fused-ring (bicyclic) bond motifs is 1. The zero-order chi connectivity index (χ0) is 11.1. The van der Waals surface area contributed by atoms with Gasteiger partial charge in [-0.1, -0.05) is 24.3 Å². The number of nitrogens with two attached hydrogens (primary N) is 1. The van der Waals surface area contributed by atoms with Crippen molar-refractivity contribution in [3.05, 3.63) is 35.4 Å². The number of amides is 1. The lowest BCUT2D eigenvalue weighted by atomic mass is 9.86. The van der Waals surface area contributed by atoms with Crippen molar-refractivity contribution in [2.45, 2.75) is 32.0 Å². The highest BCUT2D eigenvalue weighted by Gasteiger charge is 2.49. The summed E-state index contributed by atoms with van der Waals surface area (Å²) < 4.78 is 0. The SMILES string of the molecule is NCc1cccc(CN2C(=O)C3CC2C3)c1. The van der Waals surface area contributed by atoms with Crippen molar-refractivity contribution in [3.63, 3.8) is 0 Å². The van der Waals surface area contributed by atoms with Crippen LogP contribution in [-0.2, 0) is 17.9 Å². The second-order valence-corrected chi connectivity index (χ2v) is 4.81. The van der Waals surface area contributed by atoms with Crippen molar-refractivity contribution in [1.82, 2.24) is 4.90 Å². The largest absolute Gasteiger partial charge is 0.335 e. The van der Waals surface area contributed by atoms with Crippen LogP contribution >= 0.6 is 0 Å².